The van der Waals surface area contributed by atoms with Gasteiger partial charge in [0.15, 0.2) is 11.6 Å². The minimum Gasteiger partial charge on any atom is -0.455 e. The van der Waals surface area contributed by atoms with E-state index in [1.165, 1.54) is 0 Å². The van der Waals surface area contributed by atoms with Gasteiger partial charge in [-0.05, 0) is 76.4 Å². The van der Waals surface area contributed by atoms with Crippen LogP contribution in [0, 0.1) is 0 Å². The Morgan fingerprint density at radius 1 is 0.743 bits per heavy atom. The van der Waals surface area contributed by atoms with Crippen molar-refractivity contribution in [3.8, 4) is 0 Å². The third-order valence-electron chi connectivity index (χ3n) is 6.66. The average Bonchev–Trinajstić information content (AvgIpc) is 3.22. The molecule has 1 heterocycles. The number of carbonyl (C=O) groups is 2. The number of rotatable bonds is 14. The van der Waals surface area contributed by atoms with Crippen LogP contribution in [0.25, 0.3) is 21.9 Å². The number of hydrogen-bond donors (Lipinski definition) is 0. The zero-order valence-electron chi connectivity index (χ0n) is 21.5. The summed E-state index contributed by atoms with van der Waals surface area (Å²) in [7, 11) is 0. The van der Waals surface area contributed by atoms with Crippen molar-refractivity contribution in [2.24, 2.45) is 0 Å². The average molecular weight is 524 g/mol. The molecule has 3 aromatic rings. The molecule has 0 N–H and O–H groups in total. The van der Waals surface area contributed by atoms with Gasteiger partial charge in [0.05, 0.1) is 5.56 Å². The van der Waals surface area contributed by atoms with Crippen LogP contribution >= 0.6 is 24.8 Å². The van der Waals surface area contributed by atoms with Crippen molar-refractivity contribution in [1.29, 1.82) is 0 Å². The van der Waals surface area contributed by atoms with Crippen molar-refractivity contribution in [2.75, 3.05) is 39.3 Å². The van der Waals surface area contributed by atoms with Gasteiger partial charge in [0.2, 0.25) is 0 Å². The summed E-state index contributed by atoms with van der Waals surface area (Å²) in [5.74, 6) is 0.265. The van der Waals surface area contributed by atoms with E-state index in [-0.39, 0.29) is 36.4 Å². The summed E-state index contributed by atoms with van der Waals surface area (Å²) in [5.41, 5.74) is 2.69. The molecule has 0 amide bonds. The van der Waals surface area contributed by atoms with E-state index in [1.54, 1.807) is 0 Å². The van der Waals surface area contributed by atoms with E-state index < -0.39 is 0 Å². The predicted octanol–water partition coefficient (Wildman–Crippen LogP) is 7.04. The van der Waals surface area contributed by atoms with Gasteiger partial charge in [-0.3, -0.25) is 9.59 Å². The molecular formula is C28H40Cl2N2O3. The summed E-state index contributed by atoms with van der Waals surface area (Å²) in [6.07, 6.45) is 2.73. The monoisotopic (exact) mass is 522 g/mol. The maximum atomic E-state index is 13.0. The number of benzene rings is 2. The predicted molar refractivity (Wildman–Crippen MR) is 151 cm³/mol. The van der Waals surface area contributed by atoms with Crippen molar-refractivity contribution >= 4 is 58.3 Å². The molecule has 0 unspecified atom stereocenters. The topological polar surface area (TPSA) is 53.8 Å². The van der Waals surface area contributed by atoms with E-state index in [4.69, 9.17) is 4.42 Å². The van der Waals surface area contributed by atoms with Gasteiger partial charge >= 0.3 is 0 Å². The first kappa shape index (κ1) is 31.1. The lowest BCUT2D eigenvalue weighted by molar-refractivity contribution is 0.0968. The SMILES string of the molecule is CCN(CC)CCCC(=O)c1ccc2oc3c(C(=O)CCCN(CC)CC)cccc3c2c1.Cl.Cl. The van der Waals surface area contributed by atoms with Crippen LogP contribution in [0.4, 0.5) is 0 Å². The molecule has 5 nitrogen and oxygen atoms in total. The minimum atomic E-state index is 0. The molecule has 0 atom stereocenters. The molecule has 0 radical (unpaired) electrons. The third-order valence-corrected chi connectivity index (χ3v) is 6.66. The molecule has 0 aliphatic carbocycles. The Kier molecular flexibility index (Phi) is 13.6. The standard InChI is InChI=1S/C28H38N2O3.2ClH/c1-5-29(6-2)18-10-14-25(31)21-16-17-27-24(20-21)22-12-9-13-23(28(22)33-27)26(32)15-11-19-30(7-3)8-4;;/h9,12-13,16-17,20H,5-8,10-11,14-15,18-19H2,1-4H3;2*1H. The van der Waals surface area contributed by atoms with Crippen LogP contribution in [0.3, 0.4) is 0 Å². The van der Waals surface area contributed by atoms with Gasteiger partial charge in [-0.15, -0.1) is 24.8 Å². The van der Waals surface area contributed by atoms with Gasteiger partial charge in [0.1, 0.15) is 11.2 Å². The van der Waals surface area contributed by atoms with Gasteiger partial charge in [-0.25, -0.2) is 0 Å². The highest BCUT2D eigenvalue weighted by molar-refractivity contribution is 6.14. The molecule has 0 fully saturated rings. The van der Waals surface area contributed by atoms with E-state index in [9.17, 15) is 9.59 Å². The first-order chi connectivity index (χ1) is 16.0. The number of nitrogens with zero attached hydrogens (tertiary/aromatic N) is 2. The van der Waals surface area contributed by atoms with Crippen LogP contribution in [-0.2, 0) is 0 Å². The molecule has 2 aromatic carbocycles. The number of hydrogen-bond acceptors (Lipinski definition) is 5. The van der Waals surface area contributed by atoms with Gasteiger partial charge in [0.25, 0.3) is 0 Å². The minimum absolute atomic E-state index is 0. The largest absolute Gasteiger partial charge is 0.455 e. The fraction of sp³-hybridized carbons (Fsp3) is 0.500. The fourth-order valence-electron chi connectivity index (χ4n) is 4.48. The van der Waals surface area contributed by atoms with Crippen LogP contribution in [0.2, 0.25) is 0 Å². The summed E-state index contributed by atoms with van der Waals surface area (Å²) in [4.78, 5) is 30.4. The molecule has 3 rings (SSSR count). The van der Waals surface area contributed by atoms with Crippen molar-refractivity contribution in [3.05, 3.63) is 47.5 Å². The third kappa shape index (κ3) is 7.78. The Balaban J connectivity index is 0.00000306. The number of Topliss-reactive ketones (excluding diaryl/α,β-unsaturated/α-hetero) is 2. The van der Waals surface area contributed by atoms with Crippen LogP contribution in [-0.4, -0.2) is 60.6 Å². The van der Waals surface area contributed by atoms with E-state index in [0.29, 0.717) is 35.1 Å². The lowest BCUT2D eigenvalue weighted by atomic mass is 10.0. The second kappa shape index (κ2) is 15.2. The highest BCUT2D eigenvalue weighted by Crippen LogP contribution is 2.32. The first-order valence-corrected chi connectivity index (χ1v) is 12.5. The van der Waals surface area contributed by atoms with E-state index in [1.807, 2.05) is 36.4 Å². The van der Waals surface area contributed by atoms with Gasteiger partial charge in [0, 0.05) is 29.2 Å². The number of ketones is 2. The Bertz CT molecular complexity index is 1090. The quantitative estimate of drug-likeness (QED) is 0.212. The van der Waals surface area contributed by atoms with Crippen molar-refractivity contribution < 1.29 is 14.0 Å². The maximum absolute atomic E-state index is 13.0. The molecule has 0 aliphatic rings. The fourth-order valence-corrected chi connectivity index (χ4v) is 4.48. The molecule has 0 saturated heterocycles. The summed E-state index contributed by atoms with van der Waals surface area (Å²) in [6, 6.07) is 11.4. The first-order valence-electron chi connectivity index (χ1n) is 12.5. The van der Waals surface area contributed by atoms with E-state index in [2.05, 4.69) is 37.5 Å². The molecule has 7 heteroatoms. The zero-order valence-corrected chi connectivity index (χ0v) is 23.1. The smallest absolute Gasteiger partial charge is 0.166 e. The van der Waals surface area contributed by atoms with Crippen molar-refractivity contribution in [3.63, 3.8) is 0 Å². The van der Waals surface area contributed by atoms with Crippen LogP contribution < -0.4 is 0 Å². The normalized spacial score (nSPS) is 11.1. The number of halogens is 2. The van der Waals surface area contributed by atoms with E-state index >= 15 is 0 Å². The second-order valence-electron chi connectivity index (χ2n) is 8.60. The molecular weight excluding hydrogens is 483 g/mol. The molecule has 0 bridgehead atoms. The van der Waals surface area contributed by atoms with Crippen LogP contribution in [0.5, 0.6) is 0 Å². The lowest BCUT2D eigenvalue weighted by Crippen LogP contribution is -2.24. The second-order valence-corrected chi connectivity index (χ2v) is 8.60. The number of fused-ring (bicyclic) bond motifs is 3. The Morgan fingerprint density at radius 2 is 1.31 bits per heavy atom. The Hall–Kier alpha value is -1.92. The molecule has 194 valence electrons. The molecule has 35 heavy (non-hydrogen) atoms. The summed E-state index contributed by atoms with van der Waals surface area (Å²) < 4.78 is 6.10. The number of furan rings is 1. The molecule has 0 saturated carbocycles. The maximum Gasteiger partial charge on any atom is 0.166 e. The van der Waals surface area contributed by atoms with Gasteiger partial charge in [-0.2, -0.15) is 0 Å². The lowest BCUT2D eigenvalue weighted by Gasteiger charge is -2.17. The highest BCUT2D eigenvalue weighted by Gasteiger charge is 2.17. The summed E-state index contributed by atoms with van der Waals surface area (Å²) >= 11 is 0. The molecule has 1 aromatic heterocycles. The summed E-state index contributed by atoms with van der Waals surface area (Å²) in [5, 5.41) is 1.80. The van der Waals surface area contributed by atoms with Gasteiger partial charge < -0.3 is 14.2 Å². The van der Waals surface area contributed by atoms with Crippen molar-refractivity contribution in [1.82, 2.24) is 9.80 Å². The molecule has 0 aliphatic heterocycles. The van der Waals surface area contributed by atoms with Crippen LogP contribution in [0.15, 0.2) is 40.8 Å². The van der Waals surface area contributed by atoms with Crippen LogP contribution in [0.1, 0.15) is 74.1 Å². The zero-order chi connectivity index (χ0) is 23.8. The van der Waals surface area contributed by atoms with Crippen molar-refractivity contribution in [2.45, 2.75) is 53.4 Å². The number of carbonyl (C=O) groups excluding carboxylic acids is 2. The molecule has 0 spiro atoms. The Morgan fingerprint density at radius 3 is 1.89 bits per heavy atom. The Labute approximate surface area is 222 Å². The number of para-hydroxylation sites is 1. The highest BCUT2D eigenvalue weighted by atomic mass is 35.5. The summed E-state index contributed by atoms with van der Waals surface area (Å²) in [6.45, 7) is 14.5. The van der Waals surface area contributed by atoms with E-state index in [0.717, 1.165) is 62.9 Å². The van der Waals surface area contributed by atoms with Gasteiger partial charge in [-0.1, -0.05) is 39.8 Å².